The molecule has 0 aromatic heterocycles. The average Bonchev–Trinajstić information content (AvgIpc) is 2.25. The van der Waals surface area contributed by atoms with Gasteiger partial charge in [0.2, 0.25) is 0 Å². The fourth-order valence-electron chi connectivity index (χ4n) is 1.09. The van der Waals surface area contributed by atoms with Gasteiger partial charge in [0.25, 0.3) is 5.92 Å². The van der Waals surface area contributed by atoms with Crippen LogP contribution in [0.1, 0.15) is 18.1 Å². The molecule has 2 nitrogen and oxygen atoms in total. The maximum Gasteiger partial charge on any atom is 0.278 e. The number of halogens is 2. The Kier molecular flexibility index (Phi) is 3.62. The van der Waals surface area contributed by atoms with E-state index in [4.69, 9.17) is 10.00 Å². The normalized spacial score (nSPS) is 10.6. The highest BCUT2D eigenvalue weighted by Gasteiger charge is 2.22. The second-order valence-corrected chi connectivity index (χ2v) is 3.43. The molecule has 0 saturated carbocycles. The van der Waals surface area contributed by atoms with E-state index < -0.39 is 12.5 Å². The Morgan fingerprint density at radius 2 is 2.25 bits per heavy atom. The Morgan fingerprint density at radius 3 is 2.75 bits per heavy atom. The van der Waals surface area contributed by atoms with Crippen LogP contribution in [0.25, 0.3) is 6.08 Å². The second kappa shape index (κ2) is 4.75. The molecule has 0 heterocycles. The minimum Gasteiger partial charge on any atom is -0.486 e. The van der Waals surface area contributed by atoms with E-state index in [9.17, 15) is 8.78 Å². The molecule has 0 N–H and O–H groups in total. The number of ether oxygens (including phenoxy) is 1. The molecular weight excluding hydrogens is 212 g/mol. The lowest BCUT2D eigenvalue weighted by Gasteiger charge is -2.13. The molecule has 4 heteroatoms. The summed E-state index contributed by atoms with van der Waals surface area (Å²) in [4.78, 5) is 0. The maximum atomic E-state index is 12.6. The van der Waals surface area contributed by atoms with Crippen LogP contribution in [-0.2, 0) is 0 Å². The number of benzene rings is 1. The minimum absolute atomic E-state index is 0.162. The molecule has 0 aliphatic carbocycles. The summed E-state index contributed by atoms with van der Waals surface area (Å²) in [5.74, 6) is -2.75. The van der Waals surface area contributed by atoms with Crippen LogP contribution in [0.5, 0.6) is 5.75 Å². The Hall–Kier alpha value is -1.89. The molecule has 1 aromatic rings. The first-order valence-corrected chi connectivity index (χ1v) is 4.63. The predicted molar refractivity (Wildman–Crippen MR) is 57.4 cm³/mol. The highest BCUT2D eigenvalue weighted by Crippen LogP contribution is 2.22. The van der Waals surface area contributed by atoms with Crippen LogP contribution in [0.4, 0.5) is 8.78 Å². The van der Waals surface area contributed by atoms with Gasteiger partial charge in [-0.2, -0.15) is 5.26 Å². The molecule has 0 unspecified atom stereocenters. The number of hydrogen-bond donors (Lipinski definition) is 0. The molecule has 0 amide bonds. The number of nitriles is 1. The molecule has 0 atom stereocenters. The lowest BCUT2D eigenvalue weighted by atomic mass is 10.1. The van der Waals surface area contributed by atoms with Crippen molar-refractivity contribution in [1.82, 2.24) is 0 Å². The van der Waals surface area contributed by atoms with E-state index in [-0.39, 0.29) is 11.3 Å². The fraction of sp³-hybridized carbons (Fsp3) is 0.250. The molecular formula is C12H11F2NO. The van der Waals surface area contributed by atoms with Gasteiger partial charge in [0.15, 0.2) is 6.61 Å². The molecule has 0 aliphatic heterocycles. The van der Waals surface area contributed by atoms with Crippen LogP contribution in [0.3, 0.4) is 0 Å². The van der Waals surface area contributed by atoms with Gasteiger partial charge in [0.1, 0.15) is 11.8 Å². The van der Waals surface area contributed by atoms with Crippen molar-refractivity contribution in [3.63, 3.8) is 0 Å². The van der Waals surface area contributed by atoms with E-state index in [1.54, 1.807) is 12.1 Å². The van der Waals surface area contributed by atoms with Crippen molar-refractivity contribution in [2.75, 3.05) is 6.61 Å². The van der Waals surface area contributed by atoms with Crippen molar-refractivity contribution in [3.05, 3.63) is 35.9 Å². The molecule has 1 aromatic carbocycles. The topological polar surface area (TPSA) is 33.0 Å². The van der Waals surface area contributed by atoms with Crippen LogP contribution in [0.2, 0.25) is 0 Å². The van der Waals surface area contributed by atoms with Crippen molar-refractivity contribution >= 4 is 6.08 Å². The van der Waals surface area contributed by atoms with Gasteiger partial charge < -0.3 is 4.74 Å². The summed E-state index contributed by atoms with van der Waals surface area (Å²) in [7, 11) is 0. The third kappa shape index (κ3) is 3.35. The third-order valence-electron chi connectivity index (χ3n) is 1.84. The van der Waals surface area contributed by atoms with Crippen LogP contribution >= 0.6 is 0 Å². The summed E-state index contributed by atoms with van der Waals surface area (Å²) in [5, 5.41) is 8.82. The predicted octanol–water partition coefficient (Wildman–Crippen LogP) is 3.24. The van der Waals surface area contributed by atoms with Crippen molar-refractivity contribution in [2.24, 2.45) is 0 Å². The summed E-state index contributed by atoms with van der Waals surface area (Å²) in [5.41, 5.74) is 0.966. The molecule has 0 radical (unpaired) electrons. The van der Waals surface area contributed by atoms with Gasteiger partial charge in [0.05, 0.1) is 5.56 Å². The molecule has 84 valence electrons. The highest BCUT2D eigenvalue weighted by molar-refractivity contribution is 5.55. The monoisotopic (exact) mass is 223 g/mol. The van der Waals surface area contributed by atoms with E-state index in [1.807, 2.05) is 6.07 Å². The van der Waals surface area contributed by atoms with E-state index in [0.717, 1.165) is 12.5 Å². The van der Waals surface area contributed by atoms with Gasteiger partial charge in [-0.15, -0.1) is 0 Å². The molecule has 0 fully saturated rings. The zero-order valence-electron chi connectivity index (χ0n) is 8.84. The Labute approximate surface area is 92.8 Å². The number of rotatable bonds is 4. The largest absolute Gasteiger partial charge is 0.486 e. The van der Waals surface area contributed by atoms with Gasteiger partial charge in [-0.25, -0.2) is 8.78 Å². The van der Waals surface area contributed by atoms with Gasteiger partial charge in [-0.1, -0.05) is 18.7 Å². The van der Waals surface area contributed by atoms with E-state index in [1.165, 1.54) is 12.1 Å². The number of hydrogen-bond acceptors (Lipinski definition) is 2. The van der Waals surface area contributed by atoms with Crippen LogP contribution in [0.15, 0.2) is 24.8 Å². The average molecular weight is 223 g/mol. The smallest absolute Gasteiger partial charge is 0.278 e. The van der Waals surface area contributed by atoms with Gasteiger partial charge >= 0.3 is 0 Å². The number of alkyl halides is 2. The van der Waals surface area contributed by atoms with E-state index >= 15 is 0 Å². The van der Waals surface area contributed by atoms with Crippen LogP contribution in [0, 0.1) is 11.3 Å². The van der Waals surface area contributed by atoms with E-state index in [2.05, 4.69) is 6.58 Å². The summed E-state index contributed by atoms with van der Waals surface area (Å²) in [6.45, 7) is 3.57. The molecule has 0 bridgehead atoms. The summed E-state index contributed by atoms with van der Waals surface area (Å²) >= 11 is 0. The number of nitrogens with zero attached hydrogens (tertiary/aromatic N) is 1. The van der Waals surface area contributed by atoms with Crippen LogP contribution < -0.4 is 4.74 Å². The van der Waals surface area contributed by atoms with Crippen LogP contribution in [-0.4, -0.2) is 12.5 Å². The zero-order chi connectivity index (χ0) is 12.2. The van der Waals surface area contributed by atoms with Gasteiger partial charge in [-0.05, 0) is 17.7 Å². The summed E-state index contributed by atoms with van der Waals surface area (Å²) < 4.78 is 30.0. The first-order chi connectivity index (χ1) is 7.46. The third-order valence-corrected chi connectivity index (χ3v) is 1.84. The lowest BCUT2D eigenvalue weighted by molar-refractivity contribution is -0.0230. The summed E-state index contributed by atoms with van der Waals surface area (Å²) in [6.07, 6.45) is 1.57. The second-order valence-electron chi connectivity index (χ2n) is 3.43. The maximum absolute atomic E-state index is 12.6. The van der Waals surface area contributed by atoms with Crippen molar-refractivity contribution in [2.45, 2.75) is 12.8 Å². The molecule has 1 rings (SSSR count). The lowest BCUT2D eigenvalue weighted by Crippen LogP contribution is -2.21. The van der Waals surface area contributed by atoms with Crippen molar-refractivity contribution in [1.29, 1.82) is 5.26 Å². The Morgan fingerprint density at radius 1 is 1.56 bits per heavy atom. The first-order valence-electron chi connectivity index (χ1n) is 4.63. The van der Waals surface area contributed by atoms with Gasteiger partial charge in [0, 0.05) is 6.92 Å². The SMILES string of the molecule is C=Cc1ccc(OCC(C)(F)F)c(C#N)c1. The van der Waals surface area contributed by atoms with Gasteiger partial charge in [-0.3, -0.25) is 0 Å². The van der Waals surface area contributed by atoms with Crippen molar-refractivity contribution < 1.29 is 13.5 Å². The standard InChI is InChI=1S/C12H11F2NO/c1-3-9-4-5-11(10(6-9)7-15)16-8-12(2,13)14/h3-6H,1,8H2,2H3. The fourth-order valence-corrected chi connectivity index (χ4v) is 1.09. The van der Waals surface area contributed by atoms with E-state index in [0.29, 0.717) is 0 Å². The molecule has 16 heavy (non-hydrogen) atoms. The quantitative estimate of drug-likeness (QED) is 0.785. The zero-order valence-corrected chi connectivity index (χ0v) is 8.84. The Bertz CT molecular complexity index is 430. The minimum atomic E-state index is -2.91. The first kappa shape index (κ1) is 12.2. The molecule has 0 spiro atoms. The van der Waals surface area contributed by atoms with Crippen molar-refractivity contribution in [3.8, 4) is 11.8 Å². The molecule has 0 saturated heterocycles. The highest BCUT2D eigenvalue weighted by atomic mass is 19.3. The molecule has 0 aliphatic rings. The summed E-state index contributed by atoms with van der Waals surface area (Å²) in [6, 6.07) is 6.56. The Balaban J connectivity index is 2.89.